The van der Waals surface area contributed by atoms with E-state index in [2.05, 4.69) is 10.6 Å². The Kier molecular flexibility index (Phi) is 9.64. The molecule has 0 aliphatic heterocycles. The fraction of sp³-hybridized carbons (Fsp3) is 0.263. The molecule has 2 aromatic rings. The summed E-state index contributed by atoms with van der Waals surface area (Å²) in [6.45, 7) is 0.816. The Labute approximate surface area is 169 Å². The first-order valence-corrected chi connectivity index (χ1v) is 8.59. The van der Waals surface area contributed by atoms with Crippen molar-refractivity contribution in [1.29, 1.82) is 0 Å². The molecule has 2 rings (SSSR count). The summed E-state index contributed by atoms with van der Waals surface area (Å²) in [6.07, 6.45) is 0.845. The first kappa shape index (κ1) is 22.8. The summed E-state index contributed by atoms with van der Waals surface area (Å²) in [5.74, 6) is -0.439. The van der Waals surface area contributed by atoms with Crippen molar-refractivity contribution in [3.8, 4) is 0 Å². The van der Waals surface area contributed by atoms with Gasteiger partial charge in [-0.1, -0.05) is 29.8 Å². The standard InChI is InChI=1S/C19H22ClN3O3.ClH/c1-26-11-10-22-19(25)15-8-7-14(12-16(15)20)23-18(24)9-6-13-4-2-3-5-17(13)21;/h2-5,7-8,12H,6,9-11,21H2,1H3,(H,22,25)(H,23,24);1H. The van der Waals surface area contributed by atoms with Crippen LogP contribution in [-0.2, 0) is 16.0 Å². The van der Waals surface area contributed by atoms with Gasteiger partial charge >= 0.3 is 0 Å². The van der Waals surface area contributed by atoms with Gasteiger partial charge in [-0.25, -0.2) is 0 Å². The SMILES string of the molecule is COCCNC(=O)c1ccc(NC(=O)CCc2ccccc2N)cc1Cl.Cl. The van der Waals surface area contributed by atoms with Crippen LogP contribution >= 0.6 is 24.0 Å². The summed E-state index contributed by atoms with van der Waals surface area (Å²) in [7, 11) is 1.56. The molecule has 27 heavy (non-hydrogen) atoms. The summed E-state index contributed by atoms with van der Waals surface area (Å²) in [5, 5.41) is 5.74. The lowest BCUT2D eigenvalue weighted by Crippen LogP contribution is -2.27. The molecule has 0 aliphatic carbocycles. The highest BCUT2D eigenvalue weighted by Gasteiger charge is 2.12. The van der Waals surface area contributed by atoms with Crippen LogP contribution in [0.1, 0.15) is 22.3 Å². The maximum Gasteiger partial charge on any atom is 0.252 e. The van der Waals surface area contributed by atoms with E-state index in [0.29, 0.717) is 42.9 Å². The molecular formula is C19H23Cl2N3O3. The maximum atomic E-state index is 12.1. The van der Waals surface area contributed by atoms with Gasteiger partial charge in [0.15, 0.2) is 0 Å². The Morgan fingerprint density at radius 3 is 2.59 bits per heavy atom. The topological polar surface area (TPSA) is 93.5 Å². The number of methoxy groups -OCH3 is 1. The summed E-state index contributed by atoms with van der Waals surface area (Å²) < 4.78 is 4.88. The zero-order chi connectivity index (χ0) is 18.9. The lowest BCUT2D eigenvalue weighted by Gasteiger charge is -2.10. The lowest BCUT2D eigenvalue weighted by atomic mass is 10.1. The highest BCUT2D eigenvalue weighted by Crippen LogP contribution is 2.21. The Morgan fingerprint density at radius 1 is 1.19 bits per heavy atom. The number of rotatable bonds is 8. The highest BCUT2D eigenvalue weighted by molar-refractivity contribution is 6.34. The van der Waals surface area contributed by atoms with E-state index in [4.69, 9.17) is 22.1 Å². The molecule has 0 saturated heterocycles. The van der Waals surface area contributed by atoms with Crippen LogP contribution in [0.3, 0.4) is 0 Å². The Balaban J connectivity index is 0.00000364. The zero-order valence-electron chi connectivity index (χ0n) is 15.0. The third kappa shape index (κ3) is 7.09. The van der Waals surface area contributed by atoms with Gasteiger partial charge in [0.05, 0.1) is 17.2 Å². The molecule has 2 aromatic carbocycles. The van der Waals surface area contributed by atoms with Crippen LogP contribution in [-0.4, -0.2) is 32.1 Å². The lowest BCUT2D eigenvalue weighted by molar-refractivity contribution is -0.116. The number of carbonyl (C=O) groups is 2. The molecule has 0 saturated carbocycles. The van der Waals surface area contributed by atoms with E-state index in [1.165, 1.54) is 0 Å². The van der Waals surface area contributed by atoms with Crippen LogP contribution in [0.2, 0.25) is 5.02 Å². The van der Waals surface area contributed by atoms with Crippen molar-refractivity contribution in [2.45, 2.75) is 12.8 Å². The number of hydrogen-bond donors (Lipinski definition) is 3. The second-order valence-corrected chi connectivity index (χ2v) is 6.10. The van der Waals surface area contributed by atoms with Gasteiger partial charge in [-0.2, -0.15) is 0 Å². The second-order valence-electron chi connectivity index (χ2n) is 5.69. The molecule has 2 amide bonds. The van der Waals surface area contributed by atoms with Gasteiger partial charge in [0.25, 0.3) is 5.91 Å². The van der Waals surface area contributed by atoms with Crippen LogP contribution in [0.25, 0.3) is 0 Å². The molecule has 8 heteroatoms. The number of amides is 2. The third-order valence-corrected chi connectivity index (χ3v) is 4.08. The van der Waals surface area contributed by atoms with Crippen molar-refractivity contribution >= 4 is 47.2 Å². The van der Waals surface area contributed by atoms with Crippen molar-refractivity contribution in [2.75, 3.05) is 31.3 Å². The number of para-hydroxylation sites is 1. The molecule has 4 N–H and O–H groups in total. The smallest absolute Gasteiger partial charge is 0.252 e. The van der Waals surface area contributed by atoms with E-state index in [1.807, 2.05) is 24.3 Å². The van der Waals surface area contributed by atoms with E-state index >= 15 is 0 Å². The first-order valence-electron chi connectivity index (χ1n) is 8.21. The second kappa shape index (κ2) is 11.4. The quantitative estimate of drug-likeness (QED) is 0.458. The minimum atomic E-state index is -0.288. The molecule has 0 radical (unpaired) electrons. The van der Waals surface area contributed by atoms with Crippen LogP contribution in [0.5, 0.6) is 0 Å². The van der Waals surface area contributed by atoms with E-state index in [-0.39, 0.29) is 29.2 Å². The first-order chi connectivity index (χ1) is 12.5. The summed E-state index contributed by atoms with van der Waals surface area (Å²) >= 11 is 6.15. The number of ether oxygens (including phenoxy) is 1. The fourth-order valence-electron chi connectivity index (χ4n) is 2.37. The van der Waals surface area contributed by atoms with Gasteiger partial charge in [-0.15, -0.1) is 12.4 Å². The number of nitrogens with two attached hydrogens (primary N) is 1. The normalized spacial score (nSPS) is 10.0. The molecule has 146 valence electrons. The fourth-order valence-corrected chi connectivity index (χ4v) is 2.64. The molecule has 0 spiro atoms. The van der Waals surface area contributed by atoms with Gasteiger partial charge in [-0.3, -0.25) is 9.59 Å². The monoisotopic (exact) mass is 411 g/mol. The predicted molar refractivity (Wildman–Crippen MR) is 111 cm³/mol. The summed E-state index contributed by atoms with van der Waals surface area (Å²) in [5.41, 5.74) is 8.36. The number of benzene rings is 2. The molecular weight excluding hydrogens is 389 g/mol. The molecule has 6 nitrogen and oxygen atoms in total. The minimum Gasteiger partial charge on any atom is -0.399 e. The van der Waals surface area contributed by atoms with E-state index < -0.39 is 0 Å². The van der Waals surface area contributed by atoms with Crippen LogP contribution in [0.15, 0.2) is 42.5 Å². The predicted octanol–water partition coefficient (Wildman–Crippen LogP) is 3.29. The van der Waals surface area contributed by atoms with Crippen LogP contribution < -0.4 is 16.4 Å². The Hall–Kier alpha value is -2.28. The van der Waals surface area contributed by atoms with Crippen molar-refractivity contribution in [2.24, 2.45) is 0 Å². The third-order valence-electron chi connectivity index (χ3n) is 3.77. The molecule has 0 atom stereocenters. The largest absolute Gasteiger partial charge is 0.399 e. The van der Waals surface area contributed by atoms with Crippen molar-refractivity contribution in [1.82, 2.24) is 5.32 Å². The van der Waals surface area contributed by atoms with E-state index in [9.17, 15) is 9.59 Å². The maximum absolute atomic E-state index is 12.1. The van der Waals surface area contributed by atoms with Gasteiger partial charge in [0.2, 0.25) is 5.91 Å². The van der Waals surface area contributed by atoms with Gasteiger partial charge < -0.3 is 21.1 Å². The molecule has 0 fully saturated rings. The number of anilines is 2. The van der Waals surface area contributed by atoms with Gasteiger partial charge in [-0.05, 0) is 36.2 Å². The Morgan fingerprint density at radius 2 is 1.93 bits per heavy atom. The van der Waals surface area contributed by atoms with E-state index in [1.54, 1.807) is 25.3 Å². The van der Waals surface area contributed by atoms with Crippen molar-refractivity contribution < 1.29 is 14.3 Å². The molecule has 0 aromatic heterocycles. The number of nitrogen functional groups attached to an aromatic ring is 1. The van der Waals surface area contributed by atoms with Gasteiger partial charge in [0.1, 0.15) is 0 Å². The molecule has 0 unspecified atom stereocenters. The van der Waals surface area contributed by atoms with Crippen molar-refractivity contribution in [3.63, 3.8) is 0 Å². The average Bonchev–Trinajstić information content (AvgIpc) is 2.61. The van der Waals surface area contributed by atoms with E-state index in [0.717, 1.165) is 5.56 Å². The zero-order valence-corrected chi connectivity index (χ0v) is 16.5. The van der Waals surface area contributed by atoms with Gasteiger partial charge in [0, 0.05) is 31.5 Å². The van der Waals surface area contributed by atoms with Crippen LogP contribution in [0, 0.1) is 0 Å². The highest BCUT2D eigenvalue weighted by atomic mass is 35.5. The number of hydrogen-bond acceptors (Lipinski definition) is 4. The number of halogens is 2. The number of carbonyl (C=O) groups excluding carboxylic acids is 2. The summed E-state index contributed by atoms with van der Waals surface area (Å²) in [4.78, 5) is 24.1. The minimum absolute atomic E-state index is 0. The number of nitrogens with one attached hydrogen (secondary N) is 2. The van der Waals surface area contributed by atoms with Crippen LogP contribution in [0.4, 0.5) is 11.4 Å². The summed E-state index contributed by atoms with van der Waals surface area (Å²) in [6, 6.07) is 12.2. The average molecular weight is 412 g/mol. The Bertz CT molecular complexity index is 785. The van der Waals surface area contributed by atoms with Crippen molar-refractivity contribution in [3.05, 3.63) is 58.6 Å². The molecule has 0 bridgehead atoms. The number of aryl methyl sites for hydroxylation is 1. The molecule has 0 heterocycles. The molecule has 0 aliphatic rings.